The summed E-state index contributed by atoms with van der Waals surface area (Å²) in [7, 11) is 0. The molecular weight excluding hydrogens is 405 g/mol. The van der Waals surface area contributed by atoms with Crippen LogP contribution in [0.3, 0.4) is 0 Å². The summed E-state index contributed by atoms with van der Waals surface area (Å²) in [6.45, 7) is 14.9. The molecule has 1 aromatic carbocycles. The predicted molar refractivity (Wildman–Crippen MR) is 129 cm³/mol. The fourth-order valence-corrected chi connectivity index (χ4v) is 4.29. The Kier molecular flexibility index (Phi) is 10.9. The third-order valence-electron chi connectivity index (χ3n) is 6.34. The number of piperazine rings is 1. The molecule has 1 heterocycles. The first kappa shape index (κ1) is 26.6. The van der Waals surface area contributed by atoms with Crippen LogP contribution in [0.5, 0.6) is 0 Å². The van der Waals surface area contributed by atoms with E-state index in [1.165, 1.54) is 12.8 Å². The van der Waals surface area contributed by atoms with Gasteiger partial charge < -0.3 is 15.0 Å². The molecule has 1 aliphatic rings. The Labute approximate surface area is 194 Å². The average molecular weight is 450 g/mol. The first-order valence-corrected chi connectivity index (χ1v) is 12.4. The van der Waals surface area contributed by atoms with Crippen LogP contribution < -0.4 is 5.32 Å². The van der Waals surface area contributed by atoms with Gasteiger partial charge in [-0.05, 0) is 58.7 Å². The molecule has 5 nitrogen and oxygen atoms in total. The number of hydrogen-bond donors (Lipinski definition) is 1. The quantitative estimate of drug-likeness (QED) is 0.446. The van der Waals surface area contributed by atoms with Crippen LogP contribution in [0.2, 0.25) is 0 Å². The Morgan fingerprint density at radius 1 is 1.09 bits per heavy atom. The zero-order valence-electron chi connectivity index (χ0n) is 20.8. The summed E-state index contributed by atoms with van der Waals surface area (Å²) in [6.07, 6.45) is 5.22. The van der Waals surface area contributed by atoms with Gasteiger partial charge in [0, 0.05) is 37.8 Å². The molecule has 1 unspecified atom stereocenters. The summed E-state index contributed by atoms with van der Waals surface area (Å²) in [6, 6.07) is 7.16. The van der Waals surface area contributed by atoms with E-state index in [-0.39, 0.29) is 18.0 Å². The molecule has 1 saturated heterocycles. The van der Waals surface area contributed by atoms with Crippen molar-refractivity contribution in [1.82, 2.24) is 15.1 Å². The van der Waals surface area contributed by atoms with E-state index >= 15 is 0 Å². The van der Waals surface area contributed by atoms with Crippen molar-refractivity contribution in [3.8, 4) is 0 Å². The summed E-state index contributed by atoms with van der Waals surface area (Å²) in [5.41, 5.74) is 0.273. The number of hydrogen-bond acceptors (Lipinski definition) is 4. The highest BCUT2D eigenvalue weighted by Gasteiger charge is 2.30. The SMILES string of the molecule is CCC(CC)CNCCCCC(c1ccccc1F)N1CCN(C(=O)OC(C)(C)C)CC1. The van der Waals surface area contributed by atoms with Gasteiger partial charge in [0.15, 0.2) is 0 Å². The number of halogens is 1. The van der Waals surface area contributed by atoms with Gasteiger partial charge in [-0.3, -0.25) is 4.90 Å². The second kappa shape index (κ2) is 13.1. The molecule has 182 valence electrons. The number of ether oxygens (including phenoxy) is 1. The van der Waals surface area contributed by atoms with Gasteiger partial charge in [-0.2, -0.15) is 0 Å². The van der Waals surface area contributed by atoms with E-state index in [2.05, 4.69) is 24.1 Å². The van der Waals surface area contributed by atoms with Crippen LogP contribution in [0.4, 0.5) is 9.18 Å². The van der Waals surface area contributed by atoms with Gasteiger partial charge >= 0.3 is 6.09 Å². The Morgan fingerprint density at radius 2 is 1.75 bits per heavy atom. The summed E-state index contributed by atoms with van der Waals surface area (Å²) in [5.74, 6) is 0.612. The van der Waals surface area contributed by atoms with Gasteiger partial charge in [0.05, 0.1) is 0 Å². The topological polar surface area (TPSA) is 44.8 Å². The monoisotopic (exact) mass is 449 g/mol. The van der Waals surface area contributed by atoms with E-state index in [9.17, 15) is 9.18 Å². The minimum Gasteiger partial charge on any atom is -0.444 e. The van der Waals surface area contributed by atoms with Crippen LogP contribution in [0.15, 0.2) is 24.3 Å². The van der Waals surface area contributed by atoms with E-state index in [4.69, 9.17) is 4.74 Å². The van der Waals surface area contributed by atoms with Crippen LogP contribution in [0.1, 0.15) is 78.3 Å². The van der Waals surface area contributed by atoms with E-state index in [1.807, 2.05) is 32.9 Å². The third-order valence-corrected chi connectivity index (χ3v) is 6.34. The second-order valence-electron chi connectivity index (χ2n) is 9.92. The number of nitrogens with zero attached hydrogens (tertiary/aromatic N) is 2. The molecule has 32 heavy (non-hydrogen) atoms. The van der Waals surface area contributed by atoms with E-state index in [0.29, 0.717) is 13.1 Å². The first-order valence-electron chi connectivity index (χ1n) is 12.4. The molecule has 1 fully saturated rings. The fourth-order valence-electron chi connectivity index (χ4n) is 4.29. The molecule has 0 radical (unpaired) electrons. The minimum absolute atomic E-state index is 0.0380. The van der Waals surface area contributed by atoms with Crippen molar-refractivity contribution in [3.63, 3.8) is 0 Å². The summed E-state index contributed by atoms with van der Waals surface area (Å²) < 4.78 is 20.2. The summed E-state index contributed by atoms with van der Waals surface area (Å²) in [5, 5.41) is 3.58. The number of rotatable bonds is 11. The number of carbonyl (C=O) groups is 1. The normalized spacial score (nSPS) is 16.4. The molecule has 1 aromatic rings. The minimum atomic E-state index is -0.494. The second-order valence-corrected chi connectivity index (χ2v) is 9.92. The highest BCUT2D eigenvalue weighted by atomic mass is 19.1. The maximum Gasteiger partial charge on any atom is 0.410 e. The van der Waals surface area contributed by atoms with Gasteiger partial charge in [0.2, 0.25) is 0 Å². The molecule has 1 N–H and O–H groups in total. The maximum atomic E-state index is 14.7. The van der Waals surface area contributed by atoms with Crippen LogP contribution >= 0.6 is 0 Å². The maximum absolute atomic E-state index is 14.7. The van der Waals surface area contributed by atoms with Crippen LogP contribution in [-0.2, 0) is 4.74 Å². The third kappa shape index (κ3) is 8.70. The Balaban J connectivity index is 1.90. The smallest absolute Gasteiger partial charge is 0.410 e. The molecule has 6 heteroatoms. The molecule has 0 bridgehead atoms. The first-order chi connectivity index (χ1) is 15.2. The number of nitrogens with one attached hydrogen (secondary N) is 1. The lowest BCUT2D eigenvalue weighted by atomic mass is 9.97. The molecule has 2 rings (SSSR count). The zero-order valence-corrected chi connectivity index (χ0v) is 20.8. The molecule has 0 spiro atoms. The van der Waals surface area contributed by atoms with E-state index in [0.717, 1.165) is 56.9 Å². The van der Waals surface area contributed by atoms with Crippen molar-refractivity contribution in [2.75, 3.05) is 39.3 Å². The van der Waals surface area contributed by atoms with Crippen molar-refractivity contribution in [2.24, 2.45) is 5.92 Å². The molecule has 0 aromatic heterocycles. The number of unbranched alkanes of at least 4 members (excludes halogenated alkanes) is 1. The van der Waals surface area contributed by atoms with Gasteiger partial charge in [-0.15, -0.1) is 0 Å². The van der Waals surface area contributed by atoms with Crippen molar-refractivity contribution in [2.45, 2.75) is 78.4 Å². The highest BCUT2D eigenvalue weighted by Crippen LogP contribution is 2.29. The molecular formula is C26H44FN3O2. The Hall–Kier alpha value is -1.66. The van der Waals surface area contributed by atoms with E-state index < -0.39 is 5.60 Å². The van der Waals surface area contributed by atoms with E-state index in [1.54, 1.807) is 17.0 Å². The van der Waals surface area contributed by atoms with Crippen molar-refractivity contribution in [3.05, 3.63) is 35.6 Å². The van der Waals surface area contributed by atoms with Gasteiger partial charge in [-0.25, -0.2) is 9.18 Å². The molecule has 1 atom stereocenters. The molecule has 1 amide bonds. The number of carbonyl (C=O) groups excluding carboxylic acids is 1. The molecule has 1 aliphatic heterocycles. The highest BCUT2D eigenvalue weighted by molar-refractivity contribution is 5.68. The van der Waals surface area contributed by atoms with Crippen LogP contribution in [-0.4, -0.2) is 60.8 Å². The Morgan fingerprint density at radius 3 is 2.34 bits per heavy atom. The zero-order chi connectivity index (χ0) is 23.6. The standard InChI is InChI=1S/C26H44FN3O2/c1-6-21(7-2)20-28-15-11-10-14-24(22-12-8-9-13-23(22)27)29-16-18-30(19-17-29)25(31)32-26(3,4)5/h8-9,12-13,21,24,28H,6-7,10-11,14-20H2,1-5H3. The predicted octanol–water partition coefficient (Wildman–Crippen LogP) is 5.62. The van der Waals surface area contributed by atoms with Crippen molar-refractivity contribution < 1.29 is 13.9 Å². The number of benzene rings is 1. The lowest BCUT2D eigenvalue weighted by molar-refractivity contribution is 0.00940. The summed E-state index contributed by atoms with van der Waals surface area (Å²) >= 11 is 0. The van der Waals surface area contributed by atoms with Gasteiger partial charge in [-0.1, -0.05) is 51.3 Å². The van der Waals surface area contributed by atoms with Crippen molar-refractivity contribution >= 4 is 6.09 Å². The summed E-state index contributed by atoms with van der Waals surface area (Å²) in [4.78, 5) is 16.5. The average Bonchev–Trinajstić information content (AvgIpc) is 2.76. The van der Waals surface area contributed by atoms with Crippen LogP contribution in [0, 0.1) is 11.7 Å². The van der Waals surface area contributed by atoms with Crippen LogP contribution in [0.25, 0.3) is 0 Å². The largest absolute Gasteiger partial charge is 0.444 e. The Bertz CT molecular complexity index is 680. The number of amides is 1. The van der Waals surface area contributed by atoms with Gasteiger partial charge in [0.1, 0.15) is 11.4 Å². The lowest BCUT2D eigenvalue weighted by Gasteiger charge is -2.40. The molecule has 0 saturated carbocycles. The van der Waals surface area contributed by atoms with Crippen molar-refractivity contribution in [1.29, 1.82) is 0 Å². The lowest BCUT2D eigenvalue weighted by Crippen LogP contribution is -2.50. The molecule has 0 aliphatic carbocycles. The fraction of sp³-hybridized carbons (Fsp3) is 0.731. The van der Waals surface area contributed by atoms with Gasteiger partial charge in [0.25, 0.3) is 0 Å².